The quantitative estimate of drug-likeness (QED) is 0.798. The third-order valence-electron chi connectivity index (χ3n) is 3.75. The molecule has 0 spiro atoms. The van der Waals surface area contributed by atoms with Crippen LogP contribution in [0.15, 0.2) is 48.5 Å². The topological polar surface area (TPSA) is 47.6 Å². The van der Waals surface area contributed by atoms with E-state index in [0.29, 0.717) is 19.6 Å². The molecule has 2 aromatic rings. The van der Waals surface area contributed by atoms with E-state index in [1.165, 1.54) is 11.1 Å². The number of ether oxygens (including phenoxy) is 2. The Labute approximate surface area is 143 Å². The Morgan fingerprint density at radius 1 is 1.04 bits per heavy atom. The molecule has 2 rings (SSSR count). The van der Waals surface area contributed by atoms with E-state index in [-0.39, 0.29) is 6.09 Å². The minimum atomic E-state index is -0.343. The Bertz CT molecular complexity index is 638. The first-order valence-corrected chi connectivity index (χ1v) is 8.33. The summed E-state index contributed by atoms with van der Waals surface area (Å²) in [7, 11) is 1.69. The number of rotatable bonds is 8. The molecule has 24 heavy (non-hydrogen) atoms. The van der Waals surface area contributed by atoms with Gasteiger partial charge in [-0.1, -0.05) is 49.4 Å². The van der Waals surface area contributed by atoms with E-state index in [0.717, 1.165) is 24.2 Å². The molecule has 0 bridgehead atoms. The largest absolute Gasteiger partial charge is 0.496 e. The summed E-state index contributed by atoms with van der Waals surface area (Å²) in [5.41, 5.74) is 3.55. The third-order valence-corrected chi connectivity index (χ3v) is 3.75. The fourth-order valence-corrected chi connectivity index (χ4v) is 2.43. The zero-order valence-corrected chi connectivity index (χ0v) is 14.4. The van der Waals surface area contributed by atoms with Gasteiger partial charge in [-0.25, -0.2) is 4.79 Å². The van der Waals surface area contributed by atoms with Crippen LogP contribution in [0, 0.1) is 0 Å². The van der Waals surface area contributed by atoms with Gasteiger partial charge in [0.2, 0.25) is 0 Å². The molecule has 2 aromatic carbocycles. The van der Waals surface area contributed by atoms with Crippen molar-refractivity contribution in [1.29, 1.82) is 0 Å². The van der Waals surface area contributed by atoms with Crippen LogP contribution in [0.4, 0.5) is 4.79 Å². The number of benzene rings is 2. The Kier molecular flexibility index (Phi) is 7.15. The lowest BCUT2D eigenvalue weighted by Gasteiger charge is -2.09. The summed E-state index contributed by atoms with van der Waals surface area (Å²) in [5, 5.41) is 2.69. The second-order valence-corrected chi connectivity index (χ2v) is 5.62. The number of carbonyl (C=O) groups excluding carboxylic acids is 1. The number of methoxy groups -OCH3 is 1. The molecule has 0 aromatic heterocycles. The minimum absolute atomic E-state index is 0.343. The first-order chi connectivity index (χ1) is 11.7. The molecule has 0 atom stereocenters. The average Bonchev–Trinajstić information content (AvgIpc) is 2.62. The van der Waals surface area contributed by atoms with Crippen LogP contribution in [0.5, 0.6) is 5.75 Å². The first-order valence-electron chi connectivity index (χ1n) is 8.33. The van der Waals surface area contributed by atoms with Gasteiger partial charge in [0.25, 0.3) is 0 Å². The van der Waals surface area contributed by atoms with Crippen LogP contribution in [0.1, 0.15) is 30.0 Å². The Morgan fingerprint density at radius 2 is 1.75 bits per heavy atom. The van der Waals surface area contributed by atoms with Crippen molar-refractivity contribution in [2.45, 2.75) is 26.2 Å². The molecule has 0 saturated heterocycles. The van der Waals surface area contributed by atoms with Crippen molar-refractivity contribution in [2.75, 3.05) is 20.3 Å². The van der Waals surface area contributed by atoms with Crippen LogP contribution in [0.25, 0.3) is 0 Å². The summed E-state index contributed by atoms with van der Waals surface area (Å²) in [6.07, 6.45) is 2.11. The molecule has 0 aliphatic rings. The van der Waals surface area contributed by atoms with E-state index in [2.05, 4.69) is 35.6 Å². The molecule has 0 fully saturated rings. The van der Waals surface area contributed by atoms with Crippen LogP contribution >= 0.6 is 0 Å². The summed E-state index contributed by atoms with van der Waals surface area (Å²) in [4.78, 5) is 11.4. The summed E-state index contributed by atoms with van der Waals surface area (Å²) >= 11 is 0. The van der Waals surface area contributed by atoms with Gasteiger partial charge in [-0.05, 0) is 29.2 Å². The molecule has 128 valence electrons. The van der Waals surface area contributed by atoms with E-state index in [4.69, 9.17) is 9.47 Å². The van der Waals surface area contributed by atoms with Crippen molar-refractivity contribution in [3.63, 3.8) is 0 Å². The minimum Gasteiger partial charge on any atom is -0.496 e. The van der Waals surface area contributed by atoms with Crippen molar-refractivity contribution in [3.05, 3.63) is 65.2 Å². The highest BCUT2D eigenvalue weighted by Gasteiger charge is 2.04. The molecule has 0 heterocycles. The molecule has 0 radical (unpaired) electrons. The maximum Gasteiger partial charge on any atom is 0.407 e. The van der Waals surface area contributed by atoms with Crippen LogP contribution in [0.3, 0.4) is 0 Å². The number of para-hydroxylation sites is 1. The predicted molar refractivity (Wildman–Crippen MR) is 95.6 cm³/mol. The standard InChI is InChI=1S/C20H25NO3/c1-3-13-21-20(22)24-14-12-16-8-10-17(11-9-16)15-18-6-4-5-7-19(18)23-2/h4-11H,3,12-15H2,1-2H3,(H,21,22). The van der Waals surface area contributed by atoms with Gasteiger partial charge in [0, 0.05) is 19.4 Å². The van der Waals surface area contributed by atoms with Gasteiger partial charge in [-0.2, -0.15) is 0 Å². The van der Waals surface area contributed by atoms with Crippen LogP contribution < -0.4 is 10.1 Å². The lowest BCUT2D eigenvalue weighted by molar-refractivity contribution is 0.147. The highest BCUT2D eigenvalue weighted by molar-refractivity contribution is 5.67. The molecular weight excluding hydrogens is 302 g/mol. The van der Waals surface area contributed by atoms with Gasteiger partial charge < -0.3 is 14.8 Å². The van der Waals surface area contributed by atoms with Crippen molar-refractivity contribution in [1.82, 2.24) is 5.32 Å². The molecular formula is C20H25NO3. The SMILES string of the molecule is CCCNC(=O)OCCc1ccc(Cc2ccccc2OC)cc1. The van der Waals surface area contributed by atoms with Gasteiger partial charge in [-0.15, -0.1) is 0 Å². The molecule has 0 aliphatic carbocycles. The van der Waals surface area contributed by atoms with Crippen LogP contribution in [-0.4, -0.2) is 26.4 Å². The number of carbonyl (C=O) groups is 1. The summed E-state index contributed by atoms with van der Waals surface area (Å²) < 4.78 is 10.5. The molecule has 4 heteroatoms. The maximum absolute atomic E-state index is 11.4. The van der Waals surface area contributed by atoms with Gasteiger partial charge in [0.1, 0.15) is 5.75 Å². The van der Waals surface area contributed by atoms with Crippen molar-refractivity contribution in [2.24, 2.45) is 0 Å². The van der Waals surface area contributed by atoms with Crippen molar-refractivity contribution < 1.29 is 14.3 Å². The van der Waals surface area contributed by atoms with Crippen molar-refractivity contribution >= 4 is 6.09 Å². The van der Waals surface area contributed by atoms with Crippen LogP contribution in [-0.2, 0) is 17.6 Å². The lowest BCUT2D eigenvalue weighted by atomic mass is 10.0. The molecule has 0 saturated carbocycles. The van der Waals surface area contributed by atoms with Crippen molar-refractivity contribution in [3.8, 4) is 5.75 Å². The van der Waals surface area contributed by atoms with E-state index in [9.17, 15) is 4.79 Å². The Hall–Kier alpha value is -2.49. The summed E-state index contributed by atoms with van der Waals surface area (Å²) in [6, 6.07) is 16.4. The number of hydrogen-bond acceptors (Lipinski definition) is 3. The zero-order valence-electron chi connectivity index (χ0n) is 14.4. The van der Waals surface area contributed by atoms with Crippen LogP contribution in [0.2, 0.25) is 0 Å². The van der Waals surface area contributed by atoms with Gasteiger partial charge in [0.15, 0.2) is 0 Å². The fraction of sp³-hybridized carbons (Fsp3) is 0.350. The van der Waals surface area contributed by atoms with Gasteiger partial charge in [-0.3, -0.25) is 0 Å². The number of amides is 1. The normalized spacial score (nSPS) is 10.2. The fourth-order valence-electron chi connectivity index (χ4n) is 2.43. The van der Waals surface area contributed by atoms with E-state index >= 15 is 0 Å². The maximum atomic E-state index is 11.4. The summed E-state index contributed by atoms with van der Waals surface area (Å²) in [5.74, 6) is 0.910. The Balaban J connectivity index is 1.83. The Morgan fingerprint density at radius 3 is 2.46 bits per heavy atom. The number of nitrogens with one attached hydrogen (secondary N) is 1. The second-order valence-electron chi connectivity index (χ2n) is 5.62. The number of hydrogen-bond donors (Lipinski definition) is 1. The highest BCUT2D eigenvalue weighted by atomic mass is 16.5. The first kappa shape index (κ1) is 17.9. The van der Waals surface area contributed by atoms with E-state index in [1.807, 2.05) is 25.1 Å². The molecule has 1 amide bonds. The predicted octanol–water partition coefficient (Wildman–Crippen LogP) is 3.96. The zero-order chi connectivity index (χ0) is 17.2. The molecule has 1 N–H and O–H groups in total. The van der Waals surface area contributed by atoms with Gasteiger partial charge in [0.05, 0.1) is 13.7 Å². The van der Waals surface area contributed by atoms with E-state index < -0.39 is 0 Å². The molecule has 0 aliphatic heterocycles. The molecule has 4 nitrogen and oxygen atoms in total. The average molecular weight is 327 g/mol. The monoisotopic (exact) mass is 327 g/mol. The number of alkyl carbamates (subject to hydrolysis) is 1. The highest BCUT2D eigenvalue weighted by Crippen LogP contribution is 2.21. The van der Waals surface area contributed by atoms with Gasteiger partial charge >= 0.3 is 6.09 Å². The van der Waals surface area contributed by atoms with E-state index in [1.54, 1.807) is 7.11 Å². The third kappa shape index (κ3) is 5.61. The second kappa shape index (κ2) is 9.60. The summed E-state index contributed by atoms with van der Waals surface area (Å²) in [6.45, 7) is 3.05. The molecule has 0 unspecified atom stereocenters. The lowest BCUT2D eigenvalue weighted by Crippen LogP contribution is -2.25. The smallest absolute Gasteiger partial charge is 0.407 e.